The number of unbranched alkanes of at least 4 members (excludes halogenated alkanes) is 1. The SMILES string of the molecule is CC(=O)NC(CCNC(=O)CCCCc1ccc2c(n1)NCCC2)C(=O)O. The maximum atomic E-state index is 11.8. The fourth-order valence-corrected chi connectivity index (χ4v) is 3.05. The number of hydrogen-bond acceptors (Lipinski definition) is 5. The first-order valence-electron chi connectivity index (χ1n) is 9.45. The van der Waals surface area contributed by atoms with Gasteiger partial charge in [-0.25, -0.2) is 9.78 Å². The van der Waals surface area contributed by atoms with Gasteiger partial charge in [0.15, 0.2) is 0 Å². The first kappa shape index (κ1) is 20.7. The number of fused-ring (bicyclic) bond motifs is 1. The van der Waals surface area contributed by atoms with E-state index < -0.39 is 17.9 Å². The van der Waals surface area contributed by atoms with Gasteiger partial charge in [0.05, 0.1) is 0 Å². The van der Waals surface area contributed by atoms with Crippen LogP contribution in [-0.2, 0) is 27.2 Å². The van der Waals surface area contributed by atoms with E-state index in [1.807, 2.05) is 0 Å². The highest BCUT2D eigenvalue weighted by Gasteiger charge is 2.18. The topological polar surface area (TPSA) is 120 Å². The molecule has 0 spiro atoms. The number of nitrogens with zero attached hydrogens (tertiary/aromatic N) is 1. The summed E-state index contributed by atoms with van der Waals surface area (Å²) in [6.45, 7) is 2.45. The van der Waals surface area contributed by atoms with Crippen molar-refractivity contribution < 1.29 is 19.5 Å². The van der Waals surface area contributed by atoms with E-state index in [9.17, 15) is 14.4 Å². The molecule has 0 fully saturated rings. The fraction of sp³-hybridized carbons (Fsp3) is 0.579. The monoisotopic (exact) mass is 376 g/mol. The summed E-state index contributed by atoms with van der Waals surface area (Å²) in [5.74, 6) is -0.628. The minimum atomic E-state index is -1.11. The lowest BCUT2D eigenvalue weighted by molar-refractivity contribution is -0.141. The summed E-state index contributed by atoms with van der Waals surface area (Å²) < 4.78 is 0. The first-order valence-corrected chi connectivity index (χ1v) is 9.45. The molecule has 0 aliphatic carbocycles. The van der Waals surface area contributed by atoms with Crippen LogP contribution in [0.4, 0.5) is 5.82 Å². The highest BCUT2D eigenvalue weighted by molar-refractivity contribution is 5.82. The molecule has 1 unspecified atom stereocenters. The first-order chi connectivity index (χ1) is 13.0. The Morgan fingerprint density at radius 1 is 1.30 bits per heavy atom. The van der Waals surface area contributed by atoms with Crippen molar-refractivity contribution in [3.05, 3.63) is 23.4 Å². The fourth-order valence-electron chi connectivity index (χ4n) is 3.05. The van der Waals surface area contributed by atoms with Crippen LogP contribution in [0, 0.1) is 0 Å². The molecule has 1 aliphatic rings. The minimum Gasteiger partial charge on any atom is -0.480 e. The zero-order chi connectivity index (χ0) is 19.6. The van der Waals surface area contributed by atoms with Crippen molar-refractivity contribution in [1.29, 1.82) is 0 Å². The molecule has 1 atom stereocenters. The van der Waals surface area contributed by atoms with Crippen molar-refractivity contribution in [2.24, 2.45) is 0 Å². The molecule has 27 heavy (non-hydrogen) atoms. The quantitative estimate of drug-likeness (QED) is 0.456. The summed E-state index contributed by atoms with van der Waals surface area (Å²) in [4.78, 5) is 38.4. The molecule has 2 rings (SSSR count). The number of aliphatic carboxylic acids is 1. The Balaban J connectivity index is 1.62. The predicted octanol–water partition coefficient (Wildman–Crippen LogP) is 1.25. The summed E-state index contributed by atoms with van der Waals surface area (Å²) in [5, 5.41) is 17.4. The van der Waals surface area contributed by atoms with E-state index in [-0.39, 0.29) is 18.9 Å². The van der Waals surface area contributed by atoms with Crippen LogP contribution >= 0.6 is 0 Å². The average molecular weight is 376 g/mol. The Hall–Kier alpha value is -2.64. The molecule has 8 heteroatoms. The molecule has 0 saturated heterocycles. The number of amides is 2. The third-order valence-electron chi connectivity index (χ3n) is 4.47. The van der Waals surface area contributed by atoms with Crippen LogP contribution in [0.25, 0.3) is 0 Å². The van der Waals surface area contributed by atoms with E-state index in [0.717, 1.165) is 50.2 Å². The molecule has 0 radical (unpaired) electrons. The van der Waals surface area contributed by atoms with Crippen LogP contribution in [0.15, 0.2) is 12.1 Å². The molecule has 1 aromatic rings. The number of nitrogens with one attached hydrogen (secondary N) is 3. The number of pyridine rings is 1. The third kappa shape index (κ3) is 7.24. The smallest absolute Gasteiger partial charge is 0.326 e. The van der Waals surface area contributed by atoms with Crippen LogP contribution in [-0.4, -0.2) is 47.0 Å². The van der Waals surface area contributed by atoms with Gasteiger partial charge in [0, 0.05) is 32.1 Å². The van der Waals surface area contributed by atoms with Crippen LogP contribution in [0.2, 0.25) is 0 Å². The van der Waals surface area contributed by atoms with Crippen molar-refractivity contribution in [2.45, 2.75) is 57.9 Å². The summed E-state index contributed by atoms with van der Waals surface area (Å²) in [5.41, 5.74) is 2.30. The molecular formula is C19H28N4O4. The van der Waals surface area contributed by atoms with E-state index in [2.05, 4.69) is 33.1 Å². The van der Waals surface area contributed by atoms with E-state index in [1.54, 1.807) is 0 Å². The molecule has 148 valence electrons. The molecule has 0 bridgehead atoms. The van der Waals surface area contributed by atoms with Crippen LogP contribution in [0.5, 0.6) is 0 Å². The molecular weight excluding hydrogens is 348 g/mol. The average Bonchev–Trinajstić information content (AvgIpc) is 2.64. The van der Waals surface area contributed by atoms with Gasteiger partial charge in [-0.3, -0.25) is 9.59 Å². The lowest BCUT2D eigenvalue weighted by Crippen LogP contribution is -2.42. The summed E-state index contributed by atoms with van der Waals surface area (Å²) in [7, 11) is 0. The van der Waals surface area contributed by atoms with E-state index >= 15 is 0 Å². The van der Waals surface area contributed by atoms with Gasteiger partial charge in [0.25, 0.3) is 0 Å². The molecule has 0 aromatic carbocycles. The van der Waals surface area contributed by atoms with Crippen LogP contribution < -0.4 is 16.0 Å². The molecule has 2 amide bonds. The van der Waals surface area contributed by atoms with Crippen LogP contribution in [0.3, 0.4) is 0 Å². The highest BCUT2D eigenvalue weighted by atomic mass is 16.4. The Morgan fingerprint density at radius 2 is 2.11 bits per heavy atom. The van der Waals surface area contributed by atoms with E-state index in [4.69, 9.17) is 5.11 Å². The van der Waals surface area contributed by atoms with Gasteiger partial charge in [0.1, 0.15) is 11.9 Å². The highest BCUT2D eigenvalue weighted by Crippen LogP contribution is 2.20. The second-order valence-corrected chi connectivity index (χ2v) is 6.78. The molecule has 0 saturated carbocycles. The number of carboxylic acids is 1. The molecule has 8 nitrogen and oxygen atoms in total. The lowest BCUT2D eigenvalue weighted by atomic mass is 10.1. The van der Waals surface area contributed by atoms with Crippen molar-refractivity contribution >= 4 is 23.6 Å². The van der Waals surface area contributed by atoms with Crippen molar-refractivity contribution in [3.8, 4) is 0 Å². The number of hydrogen-bond donors (Lipinski definition) is 4. The van der Waals surface area contributed by atoms with Gasteiger partial charge in [-0.15, -0.1) is 0 Å². The molecule has 1 aliphatic heterocycles. The molecule has 2 heterocycles. The van der Waals surface area contributed by atoms with Gasteiger partial charge < -0.3 is 21.1 Å². The van der Waals surface area contributed by atoms with E-state index in [0.29, 0.717) is 6.42 Å². The maximum absolute atomic E-state index is 11.8. The predicted molar refractivity (Wildman–Crippen MR) is 101 cm³/mol. The Kier molecular flexibility index (Phi) is 8.03. The number of carboxylic acid groups (broad SMARTS) is 1. The van der Waals surface area contributed by atoms with Gasteiger partial charge in [0.2, 0.25) is 11.8 Å². The van der Waals surface area contributed by atoms with Gasteiger partial charge in [-0.05, 0) is 50.2 Å². The number of aromatic nitrogens is 1. The number of carbonyl (C=O) groups is 3. The number of aryl methyl sites for hydroxylation is 2. The Bertz CT molecular complexity index is 678. The van der Waals surface area contributed by atoms with E-state index in [1.165, 1.54) is 12.5 Å². The van der Waals surface area contributed by atoms with Crippen molar-refractivity contribution in [3.63, 3.8) is 0 Å². The van der Waals surface area contributed by atoms with Gasteiger partial charge in [-0.2, -0.15) is 0 Å². The molecule has 4 N–H and O–H groups in total. The van der Waals surface area contributed by atoms with Gasteiger partial charge >= 0.3 is 5.97 Å². The standard InChI is InChI=1S/C19H28N4O4/c1-13(24)22-16(19(26)27)10-12-20-17(25)7-3-2-6-15-9-8-14-5-4-11-21-18(14)23-15/h8-9,16H,2-7,10-12H2,1H3,(H,20,25)(H,21,23)(H,22,24)(H,26,27). The van der Waals surface area contributed by atoms with Gasteiger partial charge in [-0.1, -0.05) is 6.07 Å². The minimum absolute atomic E-state index is 0.109. The van der Waals surface area contributed by atoms with Crippen molar-refractivity contribution in [2.75, 3.05) is 18.4 Å². The number of carbonyl (C=O) groups excluding carboxylic acids is 2. The Labute approximate surface area is 159 Å². The Morgan fingerprint density at radius 3 is 2.85 bits per heavy atom. The zero-order valence-corrected chi connectivity index (χ0v) is 15.7. The number of rotatable bonds is 10. The lowest BCUT2D eigenvalue weighted by Gasteiger charge is -2.17. The third-order valence-corrected chi connectivity index (χ3v) is 4.47. The van der Waals surface area contributed by atoms with Crippen molar-refractivity contribution in [1.82, 2.24) is 15.6 Å². The normalized spacial score (nSPS) is 13.8. The second kappa shape index (κ2) is 10.5. The number of anilines is 1. The summed E-state index contributed by atoms with van der Waals surface area (Å²) in [6.07, 6.45) is 5.19. The second-order valence-electron chi connectivity index (χ2n) is 6.78. The summed E-state index contributed by atoms with van der Waals surface area (Å²) in [6, 6.07) is 3.20. The van der Waals surface area contributed by atoms with Crippen LogP contribution in [0.1, 0.15) is 50.3 Å². The summed E-state index contributed by atoms with van der Waals surface area (Å²) >= 11 is 0. The zero-order valence-electron chi connectivity index (χ0n) is 15.7. The largest absolute Gasteiger partial charge is 0.480 e. The molecule has 1 aromatic heterocycles. The maximum Gasteiger partial charge on any atom is 0.326 e.